The van der Waals surface area contributed by atoms with Crippen molar-refractivity contribution in [1.29, 1.82) is 0 Å². The van der Waals surface area contributed by atoms with Gasteiger partial charge in [0.25, 0.3) is 0 Å². The number of hydrogen-bond acceptors (Lipinski definition) is 7. The topological polar surface area (TPSA) is 22.7 Å². The van der Waals surface area contributed by atoms with E-state index in [1.807, 2.05) is 0 Å². The quantitative estimate of drug-likeness (QED) is 0.0376. The Hall–Kier alpha value is -13.1. The van der Waals surface area contributed by atoms with Crippen LogP contribution in [0, 0.1) is 13.8 Å². The van der Waals surface area contributed by atoms with Crippen LogP contribution in [0.1, 0.15) is 188 Å². The first-order valence-electron chi connectivity index (χ1n) is 47.4. The number of hydrogen-bond donors (Lipinski definition) is 0. The van der Waals surface area contributed by atoms with Gasteiger partial charge in [0.1, 0.15) is 0 Å². The first-order chi connectivity index (χ1) is 62.5. The van der Waals surface area contributed by atoms with Gasteiger partial charge in [-0.1, -0.05) is 214 Å². The second-order valence-electron chi connectivity index (χ2n) is 34.5. The minimum atomic E-state index is 1.04. The fourth-order valence-corrected chi connectivity index (χ4v) is 17.4. The van der Waals surface area contributed by atoms with Crippen LogP contribution in [-0.4, -0.2) is 0 Å². The van der Waals surface area contributed by atoms with Crippen molar-refractivity contribution in [3.8, 4) is 0 Å². The Labute approximate surface area is 759 Å². The number of aryl methyl sites for hydroxylation is 9. The summed E-state index contributed by atoms with van der Waals surface area (Å²) in [6, 6.07) is 138. The van der Waals surface area contributed by atoms with Gasteiger partial charge >= 0.3 is 0 Å². The summed E-state index contributed by atoms with van der Waals surface area (Å²) in [5.74, 6) is 0. The SMILES string of the molecule is CCCCc1ccc(N(c2ccc(CCCC)cc2)c2ccc(N(c3ccc(C)cc3)c3ccc(N(c4ccc(CCCC)cc4)c4ccc(N(c5ccc(C)cc5)c5ccc(N(c6ccc(N(c7ccc(CCCC)cc7)c7ccc(CCCC)cc7)cc6)c6ccc(N(c7ccc(CCCC)cc7)c7ccc(CCCC)cc7)cc6)cc5)cc4)cc3)cc2)cc1. The Morgan fingerprint density at radius 2 is 0.197 bits per heavy atom. The normalized spacial score (nSPS) is 11.2. The highest BCUT2D eigenvalue weighted by atomic mass is 15.2. The first-order valence-corrected chi connectivity index (χ1v) is 47.4. The summed E-state index contributed by atoms with van der Waals surface area (Å²) in [6.07, 6.45) is 24.0. The third kappa shape index (κ3) is 22.4. The zero-order chi connectivity index (χ0) is 87.6. The monoisotopic (exact) mass is 1670 g/mol. The van der Waals surface area contributed by atoms with Crippen molar-refractivity contribution in [2.24, 2.45) is 0 Å². The molecule has 0 amide bonds. The van der Waals surface area contributed by atoms with Crippen molar-refractivity contribution in [2.75, 3.05) is 34.3 Å². The van der Waals surface area contributed by atoms with Gasteiger partial charge in [-0.3, -0.25) is 0 Å². The van der Waals surface area contributed by atoms with E-state index in [0.717, 1.165) is 177 Å². The van der Waals surface area contributed by atoms with Crippen LogP contribution in [0.2, 0.25) is 0 Å². The maximum atomic E-state index is 2.42. The lowest BCUT2D eigenvalue weighted by molar-refractivity contribution is 0.795. The van der Waals surface area contributed by atoms with Gasteiger partial charge in [0.05, 0.1) is 0 Å². The van der Waals surface area contributed by atoms with Gasteiger partial charge in [-0.15, -0.1) is 0 Å². The number of nitrogens with zero attached hydrogens (tertiary/aromatic N) is 7. The van der Waals surface area contributed by atoms with Gasteiger partial charge in [0, 0.05) is 119 Å². The number of benzene rings is 15. The molecular weight excluding hydrogens is 1540 g/mol. The second-order valence-corrected chi connectivity index (χ2v) is 34.5. The van der Waals surface area contributed by atoms with E-state index in [1.165, 1.54) is 127 Å². The molecule has 0 N–H and O–H groups in total. The molecule has 7 heteroatoms. The smallest absolute Gasteiger partial charge is 0.0463 e. The van der Waals surface area contributed by atoms with Gasteiger partial charge in [-0.05, 0) is 397 Å². The van der Waals surface area contributed by atoms with E-state index in [9.17, 15) is 0 Å². The van der Waals surface area contributed by atoms with Crippen LogP contribution in [0.4, 0.5) is 119 Å². The molecule has 0 heterocycles. The molecule has 0 atom stereocenters. The zero-order valence-electron chi connectivity index (χ0n) is 76.6. The maximum absolute atomic E-state index is 2.42. The molecule has 0 aliphatic rings. The minimum Gasteiger partial charge on any atom is -0.311 e. The Bertz CT molecular complexity index is 5510. The van der Waals surface area contributed by atoms with Gasteiger partial charge in [0.15, 0.2) is 0 Å². The summed E-state index contributed by atoms with van der Waals surface area (Å²) in [5, 5.41) is 0. The van der Waals surface area contributed by atoms with Crippen LogP contribution < -0.4 is 34.3 Å². The third-order valence-corrected chi connectivity index (χ3v) is 24.9. The highest BCUT2D eigenvalue weighted by molar-refractivity contribution is 5.89. The summed E-state index contributed by atoms with van der Waals surface area (Å²) in [5.41, 5.74) is 34.9. The number of rotatable bonds is 42. The average molecular weight is 1670 g/mol. The molecular formula is C120H129N7. The lowest BCUT2D eigenvalue weighted by Gasteiger charge is -2.31. The van der Waals surface area contributed by atoms with E-state index in [1.54, 1.807) is 0 Å². The molecule has 15 rings (SSSR count). The van der Waals surface area contributed by atoms with Crippen molar-refractivity contribution in [2.45, 2.75) is 197 Å². The van der Waals surface area contributed by atoms with Crippen LogP contribution in [0.5, 0.6) is 0 Å². The molecule has 127 heavy (non-hydrogen) atoms. The van der Waals surface area contributed by atoms with Crippen LogP contribution in [0.25, 0.3) is 0 Å². The standard InChI is InChI=1S/C120H129N7/c1-10-17-24-93-35-53-102(54-36-93)123(103-55-37-94(38-56-103)25-18-11-2)113-75-67-109(68-76-113)121(100-49-31-91(8)32-50-100)110-69-81-116(82-70-110)126(108-65-47-99(48-66-108)30-23-16-7)117-83-71-111(72-84-117)122(101-51-33-92(9)34-52-101)112-73-85-118(86-74-112)127(119-87-77-114(78-88-119)124(104-57-39-95(40-58-104)26-19-12-3)105-59-41-96(42-60-105)27-20-13-4)120-89-79-115(80-90-120)125(106-61-43-97(44-62-106)28-21-14-5)107-63-45-98(46-64-107)29-22-15-6/h31-90H,10-30H2,1-9H3. The van der Waals surface area contributed by atoms with E-state index >= 15 is 0 Å². The maximum Gasteiger partial charge on any atom is 0.0463 e. The molecule has 0 bridgehead atoms. The van der Waals surface area contributed by atoms with Gasteiger partial charge in [-0.2, -0.15) is 0 Å². The van der Waals surface area contributed by atoms with Crippen molar-refractivity contribution < 1.29 is 0 Å². The van der Waals surface area contributed by atoms with E-state index in [-0.39, 0.29) is 0 Å². The molecule has 0 aliphatic heterocycles. The Kier molecular flexibility index (Phi) is 30.9. The van der Waals surface area contributed by atoms with Gasteiger partial charge in [-0.25, -0.2) is 0 Å². The van der Waals surface area contributed by atoms with Crippen LogP contribution >= 0.6 is 0 Å². The fraction of sp³-hybridized carbons (Fsp3) is 0.250. The van der Waals surface area contributed by atoms with Crippen LogP contribution in [-0.2, 0) is 44.9 Å². The molecule has 0 radical (unpaired) electrons. The number of unbranched alkanes of at least 4 members (excludes halogenated alkanes) is 7. The summed E-state index contributed by atoms with van der Waals surface area (Å²) >= 11 is 0. The molecule has 644 valence electrons. The molecule has 0 saturated carbocycles. The van der Waals surface area contributed by atoms with Crippen molar-refractivity contribution in [3.63, 3.8) is 0 Å². The molecule has 0 aromatic heterocycles. The van der Waals surface area contributed by atoms with E-state index in [0.29, 0.717) is 0 Å². The third-order valence-electron chi connectivity index (χ3n) is 24.9. The Balaban J connectivity index is 0.783. The molecule has 15 aromatic carbocycles. The largest absolute Gasteiger partial charge is 0.311 e. The molecule has 0 saturated heterocycles. The lowest BCUT2D eigenvalue weighted by atomic mass is 10.1. The Morgan fingerprint density at radius 1 is 0.118 bits per heavy atom. The fourth-order valence-electron chi connectivity index (χ4n) is 17.4. The first kappa shape index (κ1) is 88.8. The van der Waals surface area contributed by atoms with Gasteiger partial charge in [0.2, 0.25) is 0 Å². The molecule has 0 spiro atoms. The second kappa shape index (κ2) is 44.2. The summed E-state index contributed by atoms with van der Waals surface area (Å²) in [4.78, 5) is 16.8. The van der Waals surface area contributed by atoms with Crippen molar-refractivity contribution in [3.05, 3.63) is 414 Å². The minimum absolute atomic E-state index is 1.04. The highest BCUT2D eigenvalue weighted by Gasteiger charge is 2.24. The molecule has 7 nitrogen and oxygen atoms in total. The van der Waals surface area contributed by atoms with Crippen LogP contribution in [0.15, 0.2) is 364 Å². The van der Waals surface area contributed by atoms with E-state index < -0.39 is 0 Å². The molecule has 0 unspecified atom stereocenters. The number of anilines is 21. The molecule has 0 fully saturated rings. The highest BCUT2D eigenvalue weighted by Crippen LogP contribution is 2.47. The predicted molar refractivity (Wildman–Crippen MR) is 549 cm³/mol. The summed E-state index contributed by atoms with van der Waals surface area (Å²) in [7, 11) is 0. The van der Waals surface area contributed by atoms with E-state index in [4.69, 9.17) is 0 Å². The zero-order valence-corrected chi connectivity index (χ0v) is 76.6. The summed E-state index contributed by atoms with van der Waals surface area (Å²) < 4.78 is 0. The Morgan fingerprint density at radius 3 is 0.283 bits per heavy atom. The van der Waals surface area contributed by atoms with Crippen LogP contribution in [0.3, 0.4) is 0 Å². The lowest BCUT2D eigenvalue weighted by Crippen LogP contribution is -2.14. The van der Waals surface area contributed by atoms with Crippen molar-refractivity contribution in [1.82, 2.24) is 0 Å². The molecule has 15 aromatic rings. The predicted octanol–water partition coefficient (Wildman–Crippen LogP) is 36.0. The van der Waals surface area contributed by atoms with Gasteiger partial charge < -0.3 is 34.3 Å². The van der Waals surface area contributed by atoms with Crippen molar-refractivity contribution >= 4 is 119 Å². The average Bonchev–Trinajstić information content (AvgIpc) is 0.775. The van der Waals surface area contributed by atoms with E-state index in [2.05, 4.69) is 461 Å². The molecule has 0 aliphatic carbocycles. The summed E-state index contributed by atoms with van der Waals surface area (Å²) in [6.45, 7) is 20.2.